The second-order valence-corrected chi connectivity index (χ2v) is 9.29. The normalized spacial score (nSPS) is 19.6. The SMILES string of the molecule is CC1(C)CCN2CCC(C)(C)c3c2c1cc1cc(/C=C(\C#N)C(=O)O)c(=O)oc31. The van der Waals surface area contributed by atoms with Crippen molar-refractivity contribution in [3.63, 3.8) is 0 Å². The molecule has 0 fully saturated rings. The number of carboxylic acids is 1. The topological polar surface area (TPSA) is 94.5 Å². The largest absolute Gasteiger partial charge is 0.477 e. The van der Waals surface area contributed by atoms with Gasteiger partial charge in [-0.3, -0.25) is 0 Å². The number of aliphatic carboxylic acids is 1. The van der Waals surface area contributed by atoms with Crippen molar-refractivity contribution in [1.29, 1.82) is 5.26 Å². The van der Waals surface area contributed by atoms with Gasteiger partial charge in [-0.2, -0.15) is 5.26 Å². The molecule has 6 nitrogen and oxygen atoms in total. The third-order valence-corrected chi connectivity index (χ3v) is 6.41. The van der Waals surface area contributed by atoms with E-state index >= 15 is 0 Å². The molecule has 0 unspecified atom stereocenters. The molecule has 6 heteroatoms. The average Bonchev–Trinajstić information content (AvgIpc) is 2.63. The third kappa shape index (κ3) is 2.93. The van der Waals surface area contributed by atoms with E-state index in [1.165, 1.54) is 11.3 Å². The summed E-state index contributed by atoms with van der Waals surface area (Å²) in [5.74, 6) is -1.37. The van der Waals surface area contributed by atoms with Gasteiger partial charge in [0, 0.05) is 29.7 Å². The number of hydrogen-bond acceptors (Lipinski definition) is 5. The zero-order valence-corrected chi connectivity index (χ0v) is 17.1. The minimum absolute atomic E-state index is 0.0206. The lowest BCUT2D eigenvalue weighted by Crippen LogP contribution is -2.44. The Kier molecular flexibility index (Phi) is 4.13. The molecule has 3 heterocycles. The van der Waals surface area contributed by atoms with Crippen LogP contribution in [0.25, 0.3) is 17.0 Å². The Labute approximate surface area is 169 Å². The van der Waals surface area contributed by atoms with Gasteiger partial charge in [0.2, 0.25) is 0 Å². The molecule has 1 aromatic carbocycles. The predicted octanol–water partition coefficient (Wildman–Crippen LogP) is 3.95. The van der Waals surface area contributed by atoms with Crippen molar-refractivity contribution in [2.24, 2.45) is 0 Å². The van der Waals surface area contributed by atoms with Gasteiger partial charge in [0.1, 0.15) is 17.2 Å². The molecule has 0 bridgehead atoms. The van der Waals surface area contributed by atoms with Crippen molar-refractivity contribution < 1.29 is 14.3 Å². The molecule has 29 heavy (non-hydrogen) atoms. The van der Waals surface area contributed by atoms with E-state index in [2.05, 4.69) is 38.7 Å². The molecule has 0 amide bonds. The molecule has 0 saturated carbocycles. The molecule has 2 aromatic rings. The van der Waals surface area contributed by atoms with Gasteiger partial charge in [0.05, 0.1) is 5.56 Å². The van der Waals surface area contributed by atoms with Gasteiger partial charge in [0.15, 0.2) is 0 Å². The zero-order chi connectivity index (χ0) is 21.1. The molecule has 1 aromatic heterocycles. The van der Waals surface area contributed by atoms with E-state index < -0.39 is 17.2 Å². The predicted molar refractivity (Wildman–Crippen MR) is 111 cm³/mol. The van der Waals surface area contributed by atoms with Crippen molar-refractivity contribution in [2.45, 2.75) is 51.4 Å². The number of rotatable bonds is 2. The van der Waals surface area contributed by atoms with E-state index in [4.69, 9.17) is 14.8 Å². The molecule has 0 spiro atoms. The molecule has 0 saturated heterocycles. The molecule has 1 N–H and O–H groups in total. The van der Waals surface area contributed by atoms with E-state index in [1.807, 2.05) is 0 Å². The van der Waals surface area contributed by atoms with Crippen LogP contribution in [0.1, 0.15) is 57.2 Å². The highest BCUT2D eigenvalue weighted by atomic mass is 16.4. The maximum atomic E-state index is 12.7. The molecule has 0 atom stereocenters. The highest BCUT2D eigenvalue weighted by Gasteiger charge is 2.41. The van der Waals surface area contributed by atoms with Crippen LogP contribution < -0.4 is 10.5 Å². The van der Waals surface area contributed by atoms with Crippen LogP contribution in [0.5, 0.6) is 0 Å². The number of anilines is 1. The number of benzene rings is 1. The highest BCUT2D eigenvalue weighted by molar-refractivity contribution is 5.97. The maximum absolute atomic E-state index is 12.7. The van der Waals surface area contributed by atoms with Gasteiger partial charge in [-0.15, -0.1) is 0 Å². The minimum atomic E-state index is -1.37. The fourth-order valence-corrected chi connectivity index (χ4v) is 4.57. The molecular formula is C23H24N2O4. The van der Waals surface area contributed by atoms with Crippen LogP contribution >= 0.6 is 0 Å². The van der Waals surface area contributed by atoms with Crippen LogP contribution in [0.3, 0.4) is 0 Å². The third-order valence-electron chi connectivity index (χ3n) is 6.41. The summed E-state index contributed by atoms with van der Waals surface area (Å²) < 4.78 is 5.76. The lowest BCUT2D eigenvalue weighted by atomic mass is 9.69. The second kappa shape index (κ2) is 6.21. The Morgan fingerprint density at radius 2 is 1.86 bits per heavy atom. The summed E-state index contributed by atoms with van der Waals surface area (Å²) in [5.41, 5.74) is 2.78. The molecule has 2 aliphatic rings. The smallest absolute Gasteiger partial charge is 0.346 e. The van der Waals surface area contributed by atoms with Crippen LogP contribution in [0.4, 0.5) is 5.69 Å². The van der Waals surface area contributed by atoms with Crippen LogP contribution in [0, 0.1) is 11.3 Å². The van der Waals surface area contributed by atoms with Crippen molar-refractivity contribution in [2.75, 3.05) is 18.0 Å². The van der Waals surface area contributed by atoms with E-state index in [0.29, 0.717) is 5.58 Å². The van der Waals surface area contributed by atoms with Crippen molar-refractivity contribution >= 4 is 28.7 Å². The Hall–Kier alpha value is -3.07. The van der Waals surface area contributed by atoms with Gasteiger partial charge in [-0.25, -0.2) is 9.59 Å². The highest BCUT2D eigenvalue weighted by Crippen LogP contribution is 2.51. The molecule has 0 radical (unpaired) electrons. The molecule has 150 valence electrons. The molecule has 2 aliphatic heterocycles. The van der Waals surface area contributed by atoms with Gasteiger partial charge in [0.25, 0.3) is 0 Å². The van der Waals surface area contributed by atoms with Crippen LogP contribution in [-0.4, -0.2) is 24.2 Å². The summed E-state index contributed by atoms with van der Waals surface area (Å²) in [6.07, 6.45) is 3.08. The maximum Gasteiger partial charge on any atom is 0.346 e. The van der Waals surface area contributed by atoms with E-state index in [0.717, 1.165) is 43.0 Å². The van der Waals surface area contributed by atoms with Crippen molar-refractivity contribution in [3.05, 3.63) is 44.8 Å². The number of carbonyl (C=O) groups is 1. The number of hydrogen-bond donors (Lipinski definition) is 1. The van der Waals surface area contributed by atoms with Crippen LogP contribution in [-0.2, 0) is 15.6 Å². The van der Waals surface area contributed by atoms with Gasteiger partial charge in [-0.1, -0.05) is 27.7 Å². The van der Waals surface area contributed by atoms with E-state index in [1.54, 1.807) is 12.1 Å². The number of nitriles is 1. The fraction of sp³-hybridized carbons (Fsp3) is 0.435. The first-order chi connectivity index (χ1) is 13.5. The van der Waals surface area contributed by atoms with Crippen molar-refractivity contribution in [3.8, 4) is 6.07 Å². The first kappa shape index (κ1) is 19.3. The molecule has 4 rings (SSSR count). The Morgan fingerprint density at radius 1 is 1.21 bits per heavy atom. The van der Waals surface area contributed by atoms with Gasteiger partial charge in [-0.05, 0) is 47.4 Å². The van der Waals surface area contributed by atoms with Crippen molar-refractivity contribution in [1.82, 2.24) is 0 Å². The van der Waals surface area contributed by atoms with E-state index in [9.17, 15) is 9.59 Å². The molecular weight excluding hydrogens is 368 g/mol. The Balaban J connectivity index is 2.09. The fourth-order valence-electron chi connectivity index (χ4n) is 4.57. The monoisotopic (exact) mass is 392 g/mol. The summed E-state index contributed by atoms with van der Waals surface area (Å²) in [6.45, 7) is 10.8. The first-order valence-electron chi connectivity index (χ1n) is 9.81. The quantitative estimate of drug-likeness (QED) is 0.472. The lowest BCUT2D eigenvalue weighted by molar-refractivity contribution is -0.132. The van der Waals surface area contributed by atoms with Crippen LogP contribution in [0.15, 0.2) is 26.9 Å². The van der Waals surface area contributed by atoms with Gasteiger partial charge >= 0.3 is 11.6 Å². The number of nitrogens with zero attached hydrogens (tertiary/aromatic N) is 2. The van der Waals surface area contributed by atoms with Gasteiger partial charge < -0.3 is 14.4 Å². The standard InChI is InChI=1S/C23H24N2O4/c1-22(2)5-7-25-8-6-23(3,4)17-18(25)16(22)11-13-9-14(21(28)29-19(13)17)10-15(12-24)20(26)27/h9-11H,5-8H2,1-4H3,(H,26,27)/b15-10+. The number of fused-ring (bicyclic) bond motifs is 2. The number of carboxylic acid groups (broad SMARTS) is 1. The second-order valence-electron chi connectivity index (χ2n) is 9.29. The minimum Gasteiger partial charge on any atom is -0.477 e. The summed E-state index contributed by atoms with van der Waals surface area (Å²) in [4.78, 5) is 26.2. The summed E-state index contributed by atoms with van der Waals surface area (Å²) >= 11 is 0. The average molecular weight is 392 g/mol. The Bertz CT molecular complexity index is 1180. The zero-order valence-electron chi connectivity index (χ0n) is 17.1. The van der Waals surface area contributed by atoms with E-state index in [-0.39, 0.29) is 16.4 Å². The lowest BCUT2D eigenvalue weighted by Gasteiger charge is -2.48. The molecule has 0 aliphatic carbocycles. The Morgan fingerprint density at radius 3 is 2.48 bits per heavy atom. The van der Waals surface area contributed by atoms with Crippen LogP contribution in [0.2, 0.25) is 0 Å². The summed E-state index contributed by atoms with van der Waals surface area (Å²) in [6, 6.07) is 5.33. The summed E-state index contributed by atoms with van der Waals surface area (Å²) in [7, 11) is 0. The summed E-state index contributed by atoms with van der Waals surface area (Å²) in [5, 5.41) is 18.9. The first-order valence-corrected chi connectivity index (χ1v) is 9.81.